The van der Waals surface area contributed by atoms with Gasteiger partial charge in [0.25, 0.3) is 0 Å². The summed E-state index contributed by atoms with van der Waals surface area (Å²) in [5.74, 6) is 1.10. The molecule has 2 atom stereocenters. The van der Waals surface area contributed by atoms with Gasteiger partial charge in [0.1, 0.15) is 5.83 Å². The van der Waals surface area contributed by atoms with E-state index in [1.165, 1.54) is 81.8 Å². The van der Waals surface area contributed by atoms with Crippen LogP contribution < -0.4 is 0 Å². The molecule has 2 aliphatic carbocycles. The number of rotatable bonds is 10. The number of halogens is 4. The summed E-state index contributed by atoms with van der Waals surface area (Å²) in [6, 6.07) is 8.83. The second-order valence-electron chi connectivity index (χ2n) is 12.5. The largest absolute Gasteiger partial charge is 0.412 e. The molecule has 4 rings (SSSR count). The topological polar surface area (TPSA) is 9.23 Å². The van der Waals surface area contributed by atoms with Crippen LogP contribution in [-0.4, -0.2) is 18.9 Å². The van der Waals surface area contributed by atoms with E-state index in [-0.39, 0.29) is 6.08 Å². The zero-order valence-electron chi connectivity index (χ0n) is 23.3. The summed E-state index contributed by atoms with van der Waals surface area (Å²) in [4.78, 5) is 0. The van der Waals surface area contributed by atoms with E-state index in [1.54, 1.807) is 0 Å². The monoisotopic (exact) mass is 536 g/mol. The molecule has 0 spiro atoms. The highest BCUT2D eigenvalue weighted by atomic mass is 19.4. The molecule has 1 saturated heterocycles. The molecular formula is C33H48F4O. The third-order valence-electron chi connectivity index (χ3n) is 9.75. The molecule has 38 heavy (non-hydrogen) atoms. The molecule has 1 aromatic carbocycles. The zero-order valence-corrected chi connectivity index (χ0v) is 23.3. The summed E-state index contributed by atoms with van der Waals surface area (Å²) in [6.07, 6.45) is 13.8. The Hall–Kier alpha value is -1.36. The van der Waals surface area contributed by atoms with Crippen molar-refractivity contribution in [1.82, 2.24) is 0 Å². The van der Waals surface area contributed by atoms with Crippen LogP contribution >= 0.6 is 0 Å². The summed E-state index contributed by atoms with van der Waals surface area (Å²) in [5.41, 5.74) is 2.61. The molecule has 2 saturated carbocycles. The molecule has 5 heteroatoms. The van der Waals surface area contributed by atoms with Crippen molar-refractivity contribution in [2.24, 2.45) is 23.7 Å². The van der Waals surface area contributed by atoms with Crippen LogP contribution in [0, 0.1) is 23.7 Å². The van der Waals surface area contributed by atoms with Crippen LogP contribution in [0.2, 0.25) is 0 Å². The predicted octanol–water partition coefficient (Wildman–Crippen LogP) is 10.5. The second kappa shape index (κ2) is 14.3. The molecule has 3 aliphatic rings. The van der Waals surface area contributed by atoms with Crippen LogP contribution in [0.3, 0.4) is 0 Å². The average molecular weight is 537 g/mol. The number of aryl methyl sites for hydroxylation is 1. The van der Waals surface area contributed by atoms with Crippen LogP contribution in [0.15, 0.2) is 36.2 Å². The van der Waals surface area contributed by atoms with Crippen LogP contribution in [0.5, 0.6) is 0 Å². The van der Waals surface area contributed by atoms with Gasteiger partial charge < -0.3 is 4.74 Å². The van der Waals surface area contributed by atoms with Gasteiger partial charge in [0.05, 0.1) is 12.2 Å². The van der Waals surface area contributed by atoms with Crippen LogP contribution in [0.25, 0.3) is 0 Å². The van der Waals surface area contributed by atoms with E-state index in [2.05, 4.69) is 31.2 Å². The number of alkyl halides is 3. The number of benzene rings is 1. The molecule has 214 valence electrons. The lowest BCUT2D eigenvalue weighted by atomic mass is 9.75. The summed E-state index contributed by atoms with van der Waals surface area (Å²) in [5, 5.41) is 0. The number of ether oxygens (including phenoxy) is 1. The van der Waals surface area contributed by atoms with E-state index in [9.17, 15) is 17.6 Å². The standard InChI is InChI=1S/C33H48F4O/c1-2-3-4-5-26-12-21-32(38-23-26)30-15-10-25(11-16-30)7-6-24-8-13-27(14-9-24)28-17-19-29(20-18-28)31(34)22-33(35,36)37/h8-9,13-14,22,25-26,28-30,32H,2-7,10-12,15-21,23H2,1H3/b31-22-. The Labute approximate surface area is 227 Å². The van der Waals surface area contributed by atoms with Gasteiger partial charge in [-0.05, 0) is 105 Å². The fourth-order valence-electron chi connectivity index (χ4n) is 7.26. The third-order valence-corrected chi connectivity index (χ3v) is 9.75. The smallest absolute Gasteiger partial charge is 0.378 e. The minimum absolute atomic E-state index is 0.159. The third kappa shape index (κ3) is 9.10. The molecular weight excluding hydrogens is 488 g/mol. The lowest BCUT2D eigenvalue weighted by Crippen LogP contribution is -2.34. The molecule has 0 amide bonds. The van der Waals surface area contributed by atoms with E-state index in [0.29, 0.717) is 24.9 Å². The normalized spacial score (nSPS) is 31.3. The van der Waals surface area contributed by atoms with E-state index in [1.807, 2.05) is 0 Å². The molecule has 0 aromatic heterocycles. The highest BCUT2D eigenvalue weighted by Gasteiger charge is 2.32. The number of unbranched alkanes of at least 4 members (excludes halogenated alkanes) is 2. The van der Waals surface area contributed by atoms with Gasteiger partial charge in [-0.25, -0.2) is 4.39 Å². The highest BCUT2D eigenvalue weighted by Crippen LogP contribution is 2.41. The number of hydrogen-bond acceptors (Lipinski definition) is 1. The van der Waals surface area contributed by atoms with Gasteiger partial charge in [-0.15, -0.1) is 0 Å². The van der Waals surface area contributed by atoms with Crippen molar-refractivity contribution in [2.75, 3.05) is 6.61 Å². The minimum Gasteiger partial charge on any atom is -0.378 e. The van der Waals surface area contributed by atoms with Crippen molar-refractivity contribution < 1.29 is 22.3 Å². The van der Waals surface area contributed by atoms with Crippen LogP contribution in [0.1, 0.15) is 120 Å². The van der Waals surface area contributed by atoms with Gasteiger partial charge in [0, 0.05) is 12.5 Å². The Balaban J connectivity index is 1.13. The number of allylic oxidation sites excluding steroid dienone is 2. The Bertz CT molecular complexity index is 837. The fraction of sp³-hybridized carbons (Fsp3) is 0.758. The minimum atomic E-state index is -4.57. The first-order valence-corrected chi connectivity index (χ1v) is 15.5. The predicted molar refractivity (Wildman–Crippen MR) is 147 cm³/mol. The molecule has 1 aromatic rings. The quantitative estimate of drug-likeness (QED) is 0.213. The van der Waals surface area contributed by atoms with Gasteiger partial charge >= 0.3 is 6.18 Å². The molecule has 2 unspecified atom stereocenters. The van der Waals surface area contributed by atoms with E-state index >= 15 is 0 Å². The molecule has 0 radical (unpaired) electrons. The lowest BCUT2D eigenvalue weighted by molar-refractivity contribution is -0.0820. The fourth-order valence-corrected chi connectivity index (χ4v) is 7.26. The van der Waals surface area contributed by atoms with Gasteiger partial charge in [-0.3, -0.25) is 0 Å². The Morgan fingerprint density at radius 3 is 2.13 bits per heavy atom. The van der Waals surface area contributed by atoms with Crippen molar-refractivity contribution in [3.63, 3.8) is 0 Å². The van der Waals surface area contributed by atoms with Gasteiger partial charge in [0.15, 0.2) is 0 Å². The van der Waals surface area contributed by atoms with E-state index in [0.717, 1.165) is 43.6 Å². The van der Waals surface area contributed by atoms with Crippen molar-refractivity contribution in [1.29, 1.82) is 0 Å². The van der Waals surface area contributed by atoms with Crippen LogP contribution in [-0.2, 0) is 11.2 Å². The maximum absolute atomic E-state index is 13.9. The molecule has 3 fully saturated rings. The summed E-state index contributed by atoms with van der Waals surface area (Å²) in [6.45, 7) is 3.25. The molecule has 1 nitrogen and oxygen atoms in total. The molecule has 0 bridgehead atoms. The maximum atomic E-state index is 13.9. The molecule has 1 aliphatic heterocycles. The van der Waals surface area contributed by atoms with Crippen molar-refractivity contribution in [3.8, 4) is 0 Å². The van der Waals surface area contributed by atoms with Crippen molar-refractivity contribution in [2.45, 2.75) is 128 Å². The molecule has 0 N–H and O–H groups in total. The second-order valence-corrected chi connectivity index (χ2v) is 12.5. The number of hydrogen-bond donors (Lipinski definition) is 0. The van der Waals surface area contributed by atoms with E-state index in [4.69, 9.17) is 4.74 Å². The first-order chi connectivity index (χ1) is 18.3. The van der Waals surface area contributed by atoms with Crippen molar-refractivity contribution in [3.05, 3.63) is 47.3 Å². The van der Waals surface area contributed by atoms with Crippen LogP contribution in [0.4, 0.5) is 17.6 Å². The van der Waals surface area contributed by atoms with Gasteiger partial charge in [-0.2, -0.15) is 13.2 Å². The summed E-state index contributed by atoms with van der Waals surface area (Å²) < 4.78 is 57.6. The SMILES string of the molecule is CCCCCC1CCC(C2CCC(CCc3ccc(C4CCC(/C(F)=C/C(F)(F)F)CC4)cc3)CC2)OC1. The van der Waals surface area contributed by atoms with Crippen molar-refractivity contribution >= 4 is 0 Å². The van der Waals surface area contributed by atoms with E-state index < -0.39 is 17.9 Å². The summed E-state index contributed by atoms with van der Waals surface area (Å²) >= 11 is 0. The Morgan fingerprint density at radius 2 is 1.53 bits per heavy atom. The summed E-state index contributed by atoms with van der Waals surface area (Å²) in [7, 11) is 0. The van der Waals surface area contributed by atoms with Gasteiger partial charge in [-0.1, -0.05) is 63.3 Å². The Kier molecular flexibility index (Phi) is 11.2. The Morgan fingerprint density at radius 1 is 0.842 bits per heavy atom. The molecule has 1 heterocycles. The van der Waals surface area contributed by atoms with Gasteiger partial charge in [0.2, 0.25) is 0 Å². The first-order valence-electron chi connectivity index (χ1n) is 15.5. The first kappa shape index (κ1) is 29.6. The highest BCUT2D eigenvalue weighted by molar-refractivity contribution is 5.26. The maximum Gasteiger partial charge on any atom is 0.412 e. The zero-order chi connectivity index (χ0) is 27.0. The lowest BCUT2D eigenvalue weighted by Gasteiger charge is -2.38. The average Bonchev–Trinajstić information content (AvgIpc) is 2.92.